The fourth-order valence-corrected chi connectivity index (χ4v) is 2.19. The molecule has 1 aliphatic rings. The van der Waals surface area contributed by atoms with Gasteiger partial charge in [-0.15, -0.1) is 0 Å². The van der Waals surface area contributed by atoms with Crippen molar-refractivity contribution in [2.75, 3.05) is 0 Å². The van der Waals surface area contributed by atoms with Crippen molar-refractivity contribution in [1.29, 1.82) is 0 Å². The van der Waals surface area contributed by atoms with Gasteiger partial charge in [0.25, 0.3) is 0 Å². The van der Waals surface area contributed by atoms with E-state index in [-0.39, 0.29) is 6.04 Å². The molecule has 2 N–H and O–H groups in total. The Morgan fingerprint density at radius 1 is 1.36 bits per heavy atom. The van der Waals surface area contributed by atoms with E-state index in [9.17, 15) is 8.78 Å². The Labute approximate surface area is 81.9 Å². The average Bonchev–Trinajstić information content (AvgIpc) is 2.14. The summed E-state index contributed by atoms with van der Waals surface area (Å²) in [6.07, 6.45) is 2.38. The van der Waals surface area contributed by atoms with Gasteiger partial charge in [0.05, 0.1) is 0 Å². The van der Waals surface area contributed by atoms with Crippen LogP contribution in [0.3, 0.4) is 0 Å². The maximum absolute atomic E-state index is 13.4. The summed E-state index contributed by atoms with van der Waals surface area (Å²) in [7, 11) is 0. The summed E-state index contributed by atoms with van der Waals surface area (Å²) in [6, 6.07) is 0.760. The maximum atomic E-state index is 13.4. The zero-order valence-electron chi connectivity index (χ0n) is 8.11. The minimum atomic E-state index is -0.487. The van der Waals surface area contributed by atoms with Gasteiger partial charge in [0.15, 0.2) is 0 Å². The maximum Gasteiger partial charge on any atom is 0.129 e. The average molecular weight is 197 g/mol. The van der Waals surface area contributed by atoms with Crippen LogP contribution in [-0.4, -0.2) is 0 Å². The van der Waals surface area contributed by atoms with Crippen molar-refractivity contribution in [2.45, 2.75) is 32.2 Å². The van der Waals surface area contributed by atoms with E-state index in [0.29, 0.717) is 23.1 Å². The van der Waals surface area contributed by atoms with E-state index in [2.05, 4.69) is 0 Å². The first-order valence-electron chi connectivity index (χ1n) is 4.84. The third-order valence-electron chi connectivity index (χ3n) is 2.94. The van der Waals surface area contributed by atoms with Crippen molar-refractivity contribution < 1.29 is 8.78 Å². The number of fused-ring (bicyclic) bond motifs is 1. The molecule has 1 aromatic carbocycles. The van der Waals surface area contributed by atoms with Gasteiger partial charge in [-0.25, -0.2) is 8.78 Å². The third-order valence-corrected chi connectivity index (χ3v) is 2.94. The van der Waals surface area contributed by atoms with Gasteiger partial charge >= 0.3 is 0 Å². The molecule has 1 aliphatic carbocycles. The van der Waals surface area contributed by atoms with Crippen LogP contribution < -0.4 is 5.73 Å². The highest BCUT2D eigenvalue weighted by atomic mass is 19.1. The number of nitrogens with two attached hydrogens (primary N) is 1. The quantitative estimate of drug-likeness (QED) is 0.679. The number of hydrogen-bond donors (Lipinski definition) is 1. The molecule has 0 spiro atoms. The van der Waals surface area contributed by atoms with Gasteiger partial charge in [0.1, 0.15) is 11.6 Å². The van der Waals surface area contributed by atoms with Crippen LogP contribution >= 0.6 is 0 Å². The molecule has 0 aliphatic heterocycles. The Morgan fingerprint density at radius 2 is 2.07 bits per heavy atom. The Balaban J connectivity index is 2.67. The largest absolute Gasteiger partial charge is 0.324 e. The molecular formula is C11H13F2N. The molecule has 0 bridgehead atoms. The molecule has 0 fully saturated rings. The topological polar surface area (TPSA) is 26.0 Å². The predicted molar refractivity (Wildman–Crippen MR) is 51.0 cm³/mol. The van der Waals surface area contributed by atoms with E-state index in [4.69, 9.17) is 5.73 Å². The molecule has 3 heteroatoms. The molecule has 1 nitrogen and oxygen atoms in total. The van der Waals surface area contributed by atoms with E-state index < -0.39 is 11.6 Å². The zero-order valence-corrected chi connectivity index (χ0v) is 8.11. The highest BCUT2D eigenvalue weighted by molar-refractivity contribution is 5.40. The van der Waals surface area contributed by atoms with Gasteiger partial charge in [-0.2, -0.15) is 0 Å². The Bertz CT molecular complexity index is 374. The van der Waals surface area contributed by atoms with Crippen molar-refractivity contribution in [3.8, 4) is 0 Å². The Hall–Kier alpha value is -0.960. The molecule has 0 heterocycles. The van der Waals surface area contributed by atoms with E-state index in [1.165, 1.54) is 0 Å². The lowest BCUT2D eigenvalue weighted by Crippen LogP contribution is -2.20. The second kappa shape index (κ2) is 3.31. The third kappa shape index (κ3) is 1.32. The highest BCUT2D eigenvalue weighted by Gasteiger charge is 2.23. The molecule has 0 saturated carbocycles. The van der Waals surface area contributed by atoms with Crippen LogP contribution in [-0.2, 0) is 6.42 Å². The van der Waals surface area contributed by atoms with Gasteiger partial charge in [0, 0.05) is 12.1 Å². The molecule has 14 heavy (non-hydrogen) atoms. The summed E-state index contributed by atoms with van der Waals surface area (Å²) < 4.78 is 26.6. The standard InChI is InChI=1S/C11H13F2N/c1-6-8(12)5-9(13)7-3-2-4-10(14)11(6)7/h5,10H,2-4,14H2,1H3. The number of rotatable bonds is 0. The molecule has 0 amide bonds. The first-order chi connectivity index (χ1) is 6.61. The predicted octanol–water partition coefficient (Wildman–Crippen LogP) is 2.61. The zero-order chi connectivity index (χ0) is 10.3. The van der Waals surface area contributed by atoms with Crippen LogP contribution in [0.25, 0.3) is 0 Å². The lowest BCUT2D eigenvalue weighted by Gasteiger charge is -2.24. The van der Waals surface area contributed by atoms with E-state index in [1.807, 2.05) is 0 Å². The molecule has 2 rings (SSSR count). The van der Waals surface area contributed by atoms with Gasteiger partial charge in [0.2, 0.25) is 0 Å². The smallest absolute Gasteiger partial charge is 0.129 e. The fourth-order valence-electron chi connectivity index (χ4n) is 2.19. The van der Waals surface area contributed by atoms with Gasteiger partial charge < -0.3 is 5.73 Å². The Morgan fingerprint density at radius 3 is 2.79 bits per heavy atom. The van der Waals surface area contributed by atoms with Gasteiger partial charge in [-0.3, -0.25) is 0 Å². The first kappa shape index (κ1) is 9.59. The lowest BCUT2D eigenvalue weighted by atomic mass is 9.85. The summed E-state index contributed by atoms with van der Waals surface area (Å²) in [5, 5.41) is 0. The SMILES string of the molecule is Cc1c(F)cc(F)c2c1C(N)CCC2. The lowest BCUT2D eigenvalue weighted by molar-refractivity contribution is 0.508. The van der Waals surface area contributed by atoms with Crippen molar-refractivity contribution in [3.05, 3.63) is 34.4 Å². The van der Waals surface area contributed by atoms with Crippen LogP contribution in [0.1, 0.15) is 35.6 Å². The molecule has 1 atom stereocenters. The molecule has 76 valence electrons. The van der Waals surface area contributed by atoms with Gasteiger partial charge in [-0.05, 0) is 42.9 Å². The minimum absolute atomic E-state index is 0.205. The van der Waals surface area contributed by atoms with Gasteiger partial charge in [-0.1, -0.05) is 0 Å². The second-order valence-electron chi connectivity index (χ2n) is 3.86. The van der Waals surface area contributed by atoms with Crippen LogP contribution in [0.2, 0.25) is 0 Å². The van der Waals surface area contributed by atoms with E-state index in [1.54, 1.807) is 6.92 Å². The summed E-state index contributed by atoms with van der Waals surface area (Å²) in [5.74, 6) is -0.933. The second-order valence-corrected chi connectivity index (χ2v) is 3.86. The fraction of sp³-hybridized carbons (Fsp3) is 0.455. The normalized spacial score (nSPS) is 20.7. The van der Waals surface area contributed by atoms with E-state index >= 15 is 0 Å². The summed E-state index contributed by atoms with van der Waals surface area (Å²) in [6.45, 7) is 1.67. The van der Waals surface area contributed by atoms with Crippen LogP contribution in [0.5, 0.6) is 0 Å². The monoisotopic (exact) mass is 197 g/mol. The minimum Gasteiger partial charge on any atom is -0.324 e. The van der Waals surface area contributed by atoms with Crippen LogP contribution in [0, 0.1) is 18.6 Å². The first-order valence-corrected chi connectivity index (χ1v) is 4.84. The number of halogens is 2. The highest BCUT2D eigenvalue weighted by Crippen LogP contribution is 2.33. The van der Waals surface area contributed by atoms with E-state index in [0.717, 1.165) is 18.9 Å². The van der Waals surface area contributed by atoms with Crippen molar-refractivity contribution >= 4 is 0 Å². The molecule has 1 aromatic rings. The van der Waals surface area contributed by atoms with Crippen molar-refractivity contribution in [3.63, 3.8) is 0 Å². The molecule has 1 unspecified atom stereocenters. The molecule has 0 radical (unpaired) electrons. The van der Waals surface area contributed by atoms with Crippen molar-refractivity contribution in [1.82, 2.24) is 0 Å². The van der Waals surface area contributed by atoms with Crippen LogP contribution in [0.15, 0.2) is 6.07 Å². The van der Waals surface area contributed by atoms with Crippen molar-refractivity contribution in [2.24, 2.45) is 5.73 Å². The summed E-state index contributed by atoms with van der Waals surface area (Å²) in [4.78, 5) is 0. The Kier molecular flexibility index (Phi) is 2.27. The summed E-state index contributed by atoms with van der Waals surface area (Å²) in [5.41, 5.74) is 7.66. The number of benzene rings is 1. The van der Waals surface area contributed by atoms with Crippen LogP contribution in [0.4, 0.5) is 8.78 Å². The molecule has 0 saturated heterocycles. The molecule has 0 aromatic heterocycles. The molecular weight excluding hydrogens is 184 g/mol. The number of hydrogen-bond acceptors (Lipinski definition) is 1. The summed E-state index contributed by atoms with van der Waals surface area (Å²) >= 11 is 0.